The minimum Gasteiger partial charge on any atom is -0.313 e. The first kappa shape index (κ1) is 14.7. The van der Waals surface area contributed by atoms with Crippen molar-refractivity contribution in [3.63, 3.8) is 0 Å². The van der Waals surface area contributed by atoms with Gasteiger partial charge in [0.2, 0.25) is 0 Å². The van der Waals surface area contributed by atoms with Crippen molar-refractivity contribution in [1.29, 1.82) is 0 Å². The quantitative estimate of drug-likeness (QED) is 0.852. The van der Waals surface area contributed by atoms with Crippen molar-refractivity contribution in [2.45, 2.75) is 42.4 Å². The molecule has 0 radical (unpaired) electrons. The summed E-state index contributed by atoms with van der Waals surface area (Å²) >= 11 is 2.05. The fourth-order valence-electron chi connectivity index (χ4n) is 2.97. The zero-order valence-electron chi connectivity index (χ0n) is 12.6. The van der Waals surface area contributed by atoms with Crippen LogP contribution in [0.15, 0.2) is 59.5 Å². The average Bonchev–Trinajstić information content (AvgIpc) is 2.96. The molecule has 0 saturated carbocycles. The molecule has 21 heavy (non-hydrogen) atoms. The molecule has 0 spiro atoms. The summed E-state index contributed by atoms with van der Waals surface area (Å²) < 4.78 is 0. The maximum Gasteiger partial charge on any atom is 0.0292 e. The molecule has 0 saturated heterocycles. The van der Waals surface area contributed by atoms with Crippen molar-refractivity contribution in [2.75, 3.05) is 6.54 Å². The lowest BCUT2D eigenvalue weighted by Crippen LogP contribution is -2.40. The first-order valence-electron chi connectivity index (χ1n) is 7.88. The van der Waals surface area contributed by atoms with Crippen LogP contribution in [0.4, 0.5) is 0 Å². The van der Waals surface area contributed by atoms with Crippen molar-refractivity contribution < 1.29 is 0 Å². The molecule has 2 unspecified atom stereocenters. The van der Waals surface area contributed by atoms with E-state index < -0.39 is 0 Å². The van der Waals surface area contributed by atoms with Gasteiger partial charge in [0.05, 0.1) is 0 Å². The molecule has 2 heteroatoms. The van der Waals surface area contributed by atoms with Gasteiger partial charge in [-0.1, -0.05) is 55.5 Å². The predicted octanol–water partition coefficient (Wildman–Crippen LogP) is 4.31. The van der Waals surface area contributed by atoms with Crippen LogP contribution in [0.1, 0.15) is 24.5 Å². The van der Waals surface area contributed by atoms with Gasteiger partial charge in [-0.25, -0.2) is 0 Å². The maximum absolute atomic E-state index is 3.77. The Morgan fingerprint density at radius 3 is 2.62 bits per heavy atom. The van der Waals surface area contributed by atoms with Crippen molar-refractivity contribution in [1.82, 2.24) is 5.32 Å². The molecule has 0 aliphatic carbocycles. The van der Waals surface area contributed by atoms with Crippen molar-refractivity contribution in [2.24, 2.45) is 0 Å². The zero-order valence-corrected chi connectivity index (χ0v) is 13.4. The Bertz CT molecular complexity index is 542. The number of hydrogen-bond donors (Lipinski definition) is 1. The lowest BCUT2D eigenvalue weighted by Gasteiger charge is -2.24. The van der Waals surface area contributed by atoms with E-state index in [1.807, 2.05) is 0 Å². The molecule has 2 aromatic rings. The van der Waals surface area contributed by atoms with E-state index in [4.69, 9.17) is 0 Å². The van der Waals surface area contributed by atoms with Crippen molar-refractivity contribution >= 4 is 11.8 Å². The van der Waals surface area contributed by atoms with Gasteiger partial charge in [-0.3, -0.25) is 0 Å². The zero-order chi connectivity index (χ0) is 14.5. The molecule has 1 nitrogen and oxygen atoms in total. The number of nitrogens with one attached hydrogen (secondary N) is 1. The fourth-order valence-corrected chi connectivity index (χ4v) is 4.37. The molecule has 2 aromatic carbocycles. The molecule has 0 aromatic heterocycles. The molecule has 1 aliphatic rings. The van der Waals surface area contributed by atoms with Crippen LogP contribution >= 0.6 is 11.8 Å². The molecular weight excluding hydrogens is 274 g/mol. The Balaban J connectivity index is 1.71. The summed E-state index contributed by atoms with van der Waals surface area (Å²) in [5.74, 6) is 0. The highest BCUT2D eigenvalue weighted by molar-refractivity contribution is 8.00. The van der Waals surface area contributed by atoms with E-state index in [0.717, 1.165) is 13.0 Å². The highest BCUT2D eigenvalue weighted by Gasteiger charge is 2.28. The van der Waals surface area contributed by atoms with Crippen LogP contribution in [-0.2, 0) is 12.8 Å². The molecule has 1 aliphatic heterocycles. The van der Waals surface area contributed by atoms with Gasteiger partial charge >= 0.3 is 0 Å². The van der Waals surface area contributed by atoms with Crippen molar-refractivity contribution in [3.05, 3.63) is 65.7 Å². The Hall–Kier alpha value is -1.25. The average molecular weight is 297 g/mol. The summed E-state index contributed by atoms with van der Waals surface area (Å²) in [6.07, 6.45) is 3.50. The third kappa shape index (κ3) is 3.69. The molecule has 2 atom stereocenters. The van der Waals surface area contributed by atoms with Gasteiger partial charge in [0.15, 0.2) is 0 Å². The molecule has 0 fully saturated rings. The van der Waals surface area contributed by atoms with E-state index in [0.29, 0.717) is 11.3 Å². The molecule has 0 amide bonds. The van der Waals surface area contributed by atoms with Gasteiger partial charge in [0, 0.05) is 16.2 Å². The van der Waals surface area contributed by atoms with Crippen molar-refractivity contribution in [3.8, 4) is 0 Å². The Kier molecular flexibility index (Phi) is 5.00. The van der Waals surface area contributed by atoms with Gasteiger partial charge in [-0.2, -0.15) is 0 Å². The molecule has 3 rings (SSSR count). The summed E-state index contributed by atoms with van der Waals surface area (Å²) in [4.78, 5) is 1.47. The second kappa shape index (κ2) is 7.15. The molecular formula is C19H23NS. The largest absolute Gasteiger partial charge is 0.313 e. The van der Waals surface area contributed by atoms with Crippen LogP contribution in [0.25, 0.3) is 0 Å². The van der Waals surface area contributed by atoms with Crippen LogP contribution in [0, 0.1) is 0 Å². The lowest BCUT2D eigenvalue weighted by atomic mass is 9.98. The smallest absolute Gasteiger partial charge is 0.0292 e. The monoisotopic (exact) mass is 297 g/mol. The summed E-state index contributed by atoms with van der Waals surface area (Å²) in [5.41, 5.74) is 2.95. The molecule has 0 bridgehead atoms. The summed E-state index contributed by atoms with van der Waals surface area (Å²) in [6.45, 7) is 3.34. The first-order chi connectivity index (χ1) is 10.4. The van der Waals surface area contributed by atoms with Crippen LogP contribution in [0.2, 0.25) is 0 Å². The Morgan fingerprint density at radius 2 is 1.86 bits per heavy atom. The normalized spacial score (nSPS) is 18.4. The molecule has 1 heterocycles. The summed E-state index contributed by atoms with van der Waals surface area (Å²) in [7, 11) is 0. The Labute approximate surface area is 132 Å². The second-order valence-corrected chi connectivity index (χ2v) is 7.00. The fraction of sp³-hybridized carbons (Fsp3) is 0.368. The highest BCUT2D eigenvalue weighted by atomic mass is 32.2. The van der Waals surface area contributed by atoms with E-state index in [-0.39, 0.29) is 0 Å². The topological polar surface area (TPSA) is 12.0 Å². The number of hydrogen-bond acceptors (Lipinski definition) is 2. The number of benzene rings is 2. The van der Waals surface area contributed by atoms with Gasteiger partial charge in [0.1, 0.15) is 0 Å². The van der Waals surface area contributed by atoms with Gasteiger partial charge in [-0.05, 0) is 43.0 Å². The molecule has 1 N–H and O–H groups in total. The minimum absolute atomic E-state index is 0.546. The van der Waals surface area contributed by atoms with Crippen LogP contribution in [0.5, 0.6) is 0 Å². The van der Waals surface area contributed by atoms with Crippen LogP contribution in [0.3, 0.4) is 0 Å². The van der Waals surface area contributed by atoms with E-state index in [1.165, 1.54) is 28.9 Å². The first-order valence-corrected chi connectivity index (χ1v) is 8.76. The van der Waals surface area contributed by atoms with Gasteiger partial charge < -0.3 is 5.32 Å². The van der Waals surface area contributed by atoms with E-state index in [1.54, 1.807) is 0 Å². The lowest BCUT2D eigenvalue weighted by molar-refractivity contribution is 0.491. The van der Waals surface area contributed by atoms with E-state index in [9.17, 15) is 0 Å². The standard InChI is InChI=1S/C19H23NS/c1-2-12-20-17(13-15-8-4-3-5-9-15)19-14-16-10-6-7-11-18(16)21-19/h3-11,17,19-20H,2,12-14H2,1H3. The third-order valence-electron chi connectivity index (χ3n) is 4.08. The summed E-state index contributed by atoms with van der Waals surface area (Å²) in [5, 5.41) is 4.42. The van der Waals surface area contributed by atoms with Gasteiger partial charge in [0.25, 0.3) is 0 Å². The SMILES string of the molecule is CCCNC(Cc1ccccc1)C1Cc2ccccc2S1. The number of fused-ring (bicyclic) bond motifs is 1. The maximum atomic E-state index is 3.77. The number of rotatable bonds is 6. The van der Waals surface area contributed by atoms with Crippen LogP contribution < -0.4 is 5.32 Å². The summed E-state index contributed by atoms with van der Waals surface area (Å²) in [6, 6.07) is 20.3. The second-order valence-electron chi connectivity index (χ2n) is 5.72. The minimum atomic E-state index is 0.546. The van der Waals surface area contributed by atoms with E-state index in [2.05, 4.69) is 78.6 Å². The Morgan fingerprint density at radius 1 is 1.10 bits per heavy atom. The third-order valence-corrected chi connectivity index (χ3v) is 5.53. The number of thioether (sulfide) groups is 1. The van der Waals surface area contributed by atoms with E-state index >= 15 is 0 Å². The van der Waals surface area contributed by atoms with Crippen LogP contribution in [-0.4, -0.2) is 17.8 Å². The molecule has 110 valence electrons. The predicted molar refractivity (Wildman–Crippen MR) is 92.0 cm³/mol. The highest BCUT2D eigenvalue weighted by Crippen LogP contribution is 2.38. The van der Waals surface area contributed by atoms with Gasteiger partial charge in [-0.15, -0.1) is 11.8 Å².